The molecule has 1 N–H and O–H groups in total. The first-order valence-corrected chi connectivity index (χ1v) is 3.59. The van der Waals surface area contributed by atoms with E-state index in [1.54, 1.807) is 6.41 Å². The predicted molar refractivity (Wildman–Crippen MR) is 39.4 cm³/mol. The largest absolute Gasteiger partial charge is 0.382 e. The van der Waals surface area contributed by atoms with E-state index in [-0.39, 0.29) is 0 Å². The number of carbonyl (C=O) groups excluding carboxylic acids is 1. The predicted octanol–water partition coefficient (Wildman–Crippen LogP) is 0.460. The van der Waals surface area contributed by atoms with Gasteiger partial charge in [0.1, 0.15) is 0 Å². The van der Waals surface area contributed by atoms with Crippen LogP contribution in [0.5, 0.6) is 0 Å². The third-order valence-corrected chi connectivity index (χ3v) is 1.12. The summed E-state index contributed by atoms with van der Waals surface area (Å²) in [5.41, 5.74) is 0. The first kappa shape index (κ1) is 9.43. The van der Waals surface area contributed by atoms with E-state index < -0.39 is 0 Å². The van der Waals surface area contributed by atoms with Crippen LogP contribution in [0, 0.1) is 0 Å². The Kier molecular flexibility index (Phi) is 7.95. The zero-order valence-corrected chi connectivity index (χ0v) is 6.35. The summed E-state index contributed by atoms with van der Waals surface area (Å²) in [6.45, 7) is 4.23. The molecule has 0 aromatic rings. The zero-order valence-electron chi connectivity index (χ0n) is 6.35. The molecule has 0 heterocycles. The van der Waals surface area contributed by atoms with Crippen molar-refractivity contribution < 1.29 is 9.53 Å². The van der Waals surface area contributed by atoms with Crippen LogP contribution in [0.15, 0.2) is 0 Å². The van der Waals surface area contributed by atoms with E-state index in [0.29, 0.717) is 6.54 Å². The highest BCUT2D eigenvalue weighted by molar-refractivity contribution is 5.46. The number of amides is 1. The van der Waals surface area contributed by atoms with Gasteiger partial charge in [-0.2, -0.15) is 0 Å². The van der Waals surface area contributed by atoms with E-state index >= 15 is 0 Å². The van der Waals surface area contributed by atoms with E-state index in [9.17, 15) is 4.79 Å². The van der Waals surface area contributed by atoms with Crippen LogP contribution < -0.4 is 5.32 Å². The second-order valence-corrected chi connectivity index (χ2v) is 1.93. The fourth-order valence-corrected chi connectivity index (χ4v) is 0.613. The number of nitrogens with one attached hydrogen (secondary N) is 1. The van der Waals surface area contributed by atoms with Crippen LogP contribution in [-0.2, 0) is 9.53 Å². The minimum absolute atomic E-state index is 0.705. The van der Waals surface area contributed by atoms with Gasteiger partial charge >= 0.3 is 6.41 Å². The summed E-state index contributed by atoms with van der Waals surface area (Å²) in [5, 5.41) is 2.46. The maximum atomic E-state index is 9.63. The molecule has 59 valence electrons. The molecule has 0 aliphatic rings. The molecule has 0 aliphatic heterocycles. The van der Waals surface area contributed by atoms with Crippen LogP contribution >= 0.6 is 0 Å². The number of ether oxygens (including phenoxy) is 1. The van der Waals surface area contributed by atoms with Crippen molar-refractivity contribution in [1.29, 1.82) is 0 Å². The van der Waals surface area contributed by atoms with Gasteiger partial charge in [-0.15, -0.1) is 0 Å². The quantitative estimate of drug-likeness (QED) is 0.416. The molecule has 0 aromatic carbocycles. The molecule has 0 unspecified atom stereocenters. The van der Waals surface area contributed by atoms with Gasteiger partial charge in [0, 0.05) is 19.8 Å². The summed E-state index contributed by atoms with van der Waals surface area (Å²) >= 11 is 0. The Morgan fingerprint density at radius 2 is 2.30 bits per heavy atom. The van der Waals surface area contributed by atoms with Crippen LogP contribution in [0.25, 0.3) is 0 Å². The first-order chi connectivity index (χ1) is 4.91. The van der Waals surface area contributed by atoms with Gasteiger partial charge in [0.25, 0.3) is 0 Å². The first-order valence-electron chi connectivity index (χ1n) is 3.59. The van der Waals surface area contributed by atoms with E-state index in [4.69, 9.17) is 4.74 Å². The van der Waals surface area contributed by atoms with Crippen LogP contribution in [0.2, 0.25) is 0 Å². The van der Waals surface area contributed by atoms with Gasteiger partial charge in [-0.1, -0.05) is 0 Å². The van der Waals surface area contributed by atoms with Crippen molar-refractivity contribution >= 4 is 6.41 Å². The molecule has 1 amide bonds. The third kappa shape index (κ3) is 7.43. The number of rotatable bonds is 7. The molecular weight excluding hydrogens is 130 g/mol. The molecule has 0 bridgehead atoms. The third-order valence-electron chi connectivity index (χ3n) is 1.12. The standard InChI is InChI=1S/C7H14NO2/c1-2-10-6-4-3-5-8-7-9/h2-6H2,1H3,(H,8,9). The molecule has 0 saturated heterocycles. The van der Waals surface area contributed by atoms with Crippen molar-refractivity contribution in [3.63, 3.8) is 0 Å². The highest BCUT2D eigenvalue weighted by atomic mass is 16.5. The Balaban J connectivity index is 2.70. The highest BCUT2D eigenvalue weighted by Gasteiger charge is 1.86. The van der Waals surface area contributed by atoms with E-state index in [2.05, 4.69) is 5.32 Å². The SMILES string of the molecule is CCOCCCCN[C]=O. The lowest BCUT2D eigenvalue weighted by molar-refractivity contribution is 0.143. The second-order valence-electron chi connectivity index (χ2n) is 1.93. The molecule has 3 nitrogen and oxygen atoms in total. The Bertz CT molecular complexity index is 76.0. The molecular formula is C7H14NO2. The van der Waals surface area contributed by atoms with Crippen LogP contribution in [0.4, 0.5) is 0 Å². The van der Waals surface area contributed by atoms with E-state index in [1.807, 2.05) is 6.92 Å². The van der Waals surface area contributed by atoms with Gasteiger partial charge in [-0.05, 0) is 19.8 Å². The van der Waals surface area contributed by atoms with Crippen molar-refractivity contribution in [2.45, 2.75) is 19.8 Å². The zero-order chi connectivity index (χ0) is 7.66. The number of unbranched alkanes of at least 4 members (excludes halogenated alkanes) is 1. The number of hydrogen-bond acceptors (Lipinski definition) is 2. The molecule has 0 rings (SSSR count). The summed E-state index contributed by atoms with van der Waals surface area (Å²) in [5.74, 6) is 0. The lowest BCUT2D eigenvalue weighted by atomic mass is 10.3. The minimum atomic E-state index is 0.705. The minimum Gasteiger partial charge on any atom is -0.382 e. The maximum Gasteiger partial charge on any atom is 0.309 e. The van der Waals surface area contributed by atoms with Gasteiger partial charge < -0.3 is 10.1 Å². The average Bonchev–Trinajstić information content (AvgIpc) is 1.97. The smallest absolute Gasteiger partial charge is 0.309 e. The van der Waals surface area contributed by atoms with Crippen molar-refractivity contribution in [3.8, 4) is 0 Å². The molecule has 0 aromatic heterocycles. The summed E-state index contributed by atoms with van der Waals surface area (Å²) in [7, 11) is 0. The van der Waals surface area contributed by atoms with Crippen molar-refractivity contribution in [1.82, 2.24) is 5.32 Å². The van der Waals surface area contributed by atoms with Crippen molar-refractivity contribution in [3.05, 3.63) is 0 Å². The van der Waals surface area contributed by atoms with Crippen molar-refractivity contribution in [2.75, 3.05) is 19.8 Å². The molecule has 0 fully saturated rings. The molecule has 3 heteroatoms. The lowest BCUT2D eigenvalue weighted by Crippen LogP contribution is -2.12. The molecule has 1 radical (unpaired) electrons. The van der Waals surface area contributed by atoms with E-state index in [0.717, 1.165) is 26.1 Å². The van der Waals surface area contributed by atoms with Gasteiger partial charge in [0.05, 0.1) is 0 Å². The Labute approximate surface area is 61.8 Å². The monoisotopic (exact) mass is 144 g/mol. The molecule has 0 saturated carbocycles. The molecule has 0 atom stereocenters. The Morgan fingerprint density at radius 1 is 1.50 bits per heavy atom. The topological polar surface area (TPSA) is 38.3 Å². The molecule has 0 spiro atoms. The van der Waals surface area contributed by atoms with Crippen LogP contribution in [0.3, 0.4) is 0 Å². The summed E-state index contributed by atoms with van der Waals surface area (Å²) in [6.07, 6.45) is 3.59. The lowest BCUT2D eigenvalue weighted by Gasteiger charge is -1.99. The Morgan fingerprint density at radius 3 is 2.90 bits per heavy atom. The summed E-state index contributed by atoms with van der Waals surface area (Å²) in [4.78, 5) is 9.63. The highest BCUT2D eigenvalue weighted by Crippen LogP contribution is 1.86. The van der Waals surface area contributed by atoms with Gasteiger partial charge in [-0.3, -0.25) is 4.79 Å². The Hall–Kier alpha value is -0.570. The van der Waals surface area contributed by atoms with Gasteiger partial charge in [0.2, 0.25) is 0 Å². The van der Waals surface area contributed by atoms with Gasteiger partial charge in [0.15, 0.2) is 0 Å². The number of hydrogen-bond donors (Lipinski definition) is 1. The van der Waals surface area contributed by atoms with Crippen LogP contribution in [0.1, 0.15) is 19.8 Å². The van der Waals surface area contributed by atoms with Crippen LogP contribution in [-0.4, -0.2) is 26.2 Å². The summed E-state index contributed by atoms with van der Waals surface area (Å²) < 4.78 is 5.09. The fraction of sp³-hybridized carbons (Fsp3) is 0.857. The second kappa shape index (κ2) is 8.43. The van der Waals surface area contributed by atoms with Crippen molar-refractivity contribution in [2.24, 2.45) is 0 Å². The normalized spacial score (nSPS) is 9.30. The summed E-state index contributed by atoms with van der Waals surface area (Å²) in [6, 6.07) is 0. The van der Waals surface area contributed by atoms with Gasteiger partial charge in [-0.25, -0.2) is 0 Å². The maximum absolute atomic E-state index is 9.63. The average molecular weight is 144 g/mol. The molecule has 0 aliphatic carbocycles. The van der Waals surface area contributed by atoms with E-state index in [1.165, 1.54) is 0 Å². The molecule has 10 heavy (non-hydrogen) atoms. The fourth-order valence-electron chi connectivity index (χ4n) is 0.613.